The summed E-state index contributed by atoms with van der Waals surface area (Å²) in [7, 11) is 0. The topological polar surface area (TPSA) is 78.9 Å². The third-order valence-corrected chi connectivity index (χ3v) is 3.35. The molecule has 0 bridgehead atoms. The Balaban J connectivity index is 2.48. The molecule has 19 heavy (non-hydrogen) atoms. The third-order valence-electron chi connectivity index (χ3n) is 3.35. The number of likely N-dealkylation sites (N-methyl/N-ethyl adjacent to an activating group) is 1. The molecule has 0 radical (unpaired) electrons. The van der Waals surface area contributed by atoms with Crippen LogP contribution in [-0.2, 0) is 14.3 Å². The number of hydrogen-bond donors (Lipinski definition) is 2. The highest BCUT2D eigenvalue weighted by molar-refractivity contribution is 5.86. The SMILES string of the molecule is CCCC[C@H](NC(=O)C1CN(CC)CCO1)C(=O)O. The largest absolute Gasteiger partial charge is 0.480 e. The van der Waals surface area contributed by atoms with Gasteiger partial charge in [0.25, 0.3) is 5.91 Å². The van der Waals surface area contributed by atoms with Crippen LogP contribution in [0.2, 0.25) is 0 Å². The van der Waals surface area contributed by atoms with Gasteiger partial charge in [0.15, 0.2) is 0 Å². The van der Waals surface area contributed by atoms with Crippen molar-refractivity contribution >= 4 is 11.9 Å². The lowest BCUT2D eigenvalue weighted by atomic mass is 10.1. The van der Waals surface area contributed by atoms with Crippen molar-refractivity contribution in [3.05, 3.63) is 0 Å². The Morgan fingerprint density at radius 1 is 1.47 bits per heavy atom. The molecule has 6 heteroatoms. The molecule has 1 unspecified atom stereocenters. The van der Waals surface area contributed by atoms with E-state index in [-0.39, 0.29) is 5.91 Å². The lowest BCUT2D eigenvalue weighted by Gasteiger charge is -2.31. The maximum absolute atomic E-state index is 12.0. The molecule has 110 valence electrons. The summed E-state index contributed by atoms with van der Waals surface area (Å²) in [4.78, 5) is 25.2. The van der Waals surface area contributed by atoms with Crippen LogP contribution in [0.1, 0.15) is 33.1 Å². The maximum Gasteiger partial charge on any atom is 0.326 e. The monoisotopic (exact) mass is 272 g/mol. The molecule has 0 aromatic rings. The smallest absolute Gasteiger partial charge is 0.326 e. The van der Waals surface area contributed by atoms with E-state index in [4.69, 9.17) is 9.84 Å². The van der Waals surface area contributed by atoms with Gasteiger partial charge in [-0.2, -0.15) is 0 Å². The number of nitrogens with zero attached hydrogens (tertiary/aromatic N) is 1. The zero-order valence-electron chi connectivity index (χ0n) is 11.7. The first-order valence-electron chi connectivity index (χ1n) is 6.95. The predicted octanol–water partition coefficient (Wildman–Crippen LogP) is 0.467. The van der Waals surface area contributed by atoms with Crippen molar-refractivity contribution < 1.29 is 19.4 Å². The van der Waals surface area contributed by atoms with E-state index in [1.807, 2.05) is 13.8 Å². The van der Waals surface area contributed by atoms with Crippen molar-refractivity contribution in [3.63, 3.8) is 0 Å². The zero-order valence-corrected chi connectivity index (χ0v) is 11.7. The van der Waals surface area contributed by atoms with Crippen LogP contribution in [0.25, 0.3) is 0 Å². The normalized spacial score (nSPS) is 21.9. The highest BCUT2D eigenvalue weighted by atomic mass is 16.5. The van der Waals surface area contributed by atoms with Crippen molar-refractivity contribution in [1.29, 1.82) is 0 Å². The molecule has 0 aromatic carbocycles. The van der Waals surface area contributed by atoms with Crippen LogP contribution in [0.5, 0.6) is 0 Å². The van der Waals surface area contributed by atoms with Crippen molar-refractivity contribution in [2.24, 2.45) is 0 Å². The van der Waals surface area contributed by atoms with E-state index in [0.29, 0.717) is 19.6 Å². The van der Waals surface area contributed by atoms with Crippen LogP contribution in [-0.4, -0.2) is 60.3 Å². The molecular weight excluding hydrogens is 248 g/mol. The fourth-order valence-electron chi connectivity index (χ4n) is 2.08. The van der Waals surface area contributed by atoms with Gasteiger partial charge in [-0.1, -0.05) is 26.7 Å². The Morgan fingerprint density at radius 2 is 2.21 bits per heavy atom. The number of aliphatic carboxylic acids is 1. The number of carbonyl (C=O) groups is 2. The molecular formula is C13H24N2O4. The number of unbranched alkanes of at least 4 members (excludes halogenated alkanes) is 1. The quantitative estimate of drug-likeness (QED) is 0.704. The number of carboxylic acid groups (broad SMARTS) is 1. The highest BCUT2D eigenvalue weighted by Gasteiger charge is 2.29. The molecule has 1 heterocycles. The number of carboxylic acids is 1. The molecule has 6 nitrogen and oxygen atoms in total. The zero-order chi connectivity index (χ0) is 14.3. The molecule has 0 saturated carbocycles. The number of amides is 1. The first kappa shape index (κ1) is 15.9. The first-order chi connectivity index (χ1) is 9.08. The second-order valence-corrected chi connectivity index (χ2v) is 4.79. The van der Waals surface area contributed by atoms with Crippen molar-refractivity contribution in [2.75, 3.05) is 26.2 Å². The van der Waals surface area contributed by atoms with E-state index in [0.717, 1.165) is 25.9 Å². The summed E-state index contributed by atoms with van der Waals surface area (Å²) in [5.41, 5.74) is 0. The van der Waals surface area contributed by atoms with E-state index in [1.54, 1.807) is 0 Å². The highest BCUT2D eigenvalue weighted by Crippen LogP contribution is 2.07. The molecule has 1 amide bonds. The van der Waals surface area contributed by atoms with Crippen LogP contribution < -0.4 is 5.32 Å². The van der Waals surface area contributed by atoms with Crippen LogP contribution >= 0.6 is 0 Å². The Labute approximate surface area is 114 Å². The average molecular weight is 272 g/mol. The van der Waals surface area contributed by atoms with E-state index < -0.39 is 18.1 Å². The van der Waals surface area contributed by atoms with Crippen molar-refractivity contribution in [3.8, 4) is 0 Å². The van der Waals surface area contributed by atoms with E-state index >= 15 is 0 Å². The Hall–Kier alpha value is -1.14. The summed E-state index contributed by atoms with van der Waals surface area (Å²) >= 11 is 0. The number of ether oxygens (including phenoxy) is 1. The molecule has 1 aliphatic rings. The van der Waals surface area contributed by atoms with Crippen LogP contribution in [0, 0.1) is 0 Å². The number of rotatable bonds is 7. The Kier molecular flexibility index (Phi) is 6.80. The fourth-order valence-corrected chi connectivity index (χ4v) is 2.08. The third kappa shape index (κ3) is 5.16. The van der Waals surface area contributed by atoms with E-state index in [2.05, 4.69) is 10.2 Å². The molecule has 1 saturated heterocycles. The summed E-state index contributed by atoms with van der Waals surface area (Å²) < 4.78 is 5.41. The summed E-state index contributed by atoms with van der Waals surface area (Å²) in [6.07, 6.45) is 1.59. The lowest BCUT2D eigenvalue weighted by Crippen LogP contribution is -2.53. The van der Waals surface area contributed by atoms with Crippen molar-refractivity contribution in [1.82, 2.24) is 10.2 Å². The second kappa shape index (κ2) is 8.12. The molecule has 1 aliphatic heterocycles. The van der Waals surface area contributed by atoms with Gasteiger partial charge in [-0.3, -0.25) is 9.69 Å². The van der Waals surface area contributed by atoms with Crippen molar-refractivity contribution in [2.45, 2.75) is 45.3 Å². The van der Waals surface area contributed by atoms with Gasteiger partial charge in [0.2, 0.25) is 0 Å². The molecule has 1 rings (SSSR count). The summed E-state index contributed by atoms with van der Waals surface area (Å²) in [6.45, 7) is 6.75. The number of carbonyl (C=O) groups excluding carboxylic acids is 1. The van der Waals surface area contributed by atoms with Gasteiger partial charge in [-0.15, -0.1) is 0 Å². The number of hydrogen-bond acceptors (Lipinski definition) is 4. The maximum atomic E-state index is 12.0. The molecule has 0 aromatic heterocycles. The summed E-state index contributed by atoms with van der Waals surface area (Å²) in [6, 6.07) is -0.812. The average Bonchev–Trinajstić information content (AvgIpc) is 2.42. The predicted molar refractivity (Wildman–Crippen MR) is 70.9 cm³/mol. The summed E-state index contributed by atoms with van der Waals surface area (Å²) in [5, 5.41) is 11.7. The van der Waals surface area contributed by atoms with Crippen LogP contribution in [0.15, 0.2) is 0 Å². The van der Waals surface area contributed by atoms with Gasteiger partial charge >= 0.3 is 5.97 Å². The molecule has 0 spiro atoms. The minimum Gasteiger partial charge on any atom is -0.480 e. The van der Waals surface area contributed by atoms with Gasteiger partial charge in [-0.25, -0.2) is 4.79 Å². The summed E-state index contributed by atoms with van der Waals surface area (Å²) in [5.74, 6) is -1.30. The minimum atomic E-state index is -0.982. The fraction of sp³-hybridized carbons (Fsp3) is 0.846. The standard InChI is InChI=1S/C13H24N2O4/c1-3-5-6-10(13(17)18)14-12(16)11-9-15(4-2)7-8-19-11/h10-11H,3-9H2,1-2H3,(H,14,16)(H,17,18)/t10-,11?/m0/s1. The number of morpholine rings is 1. The van der Waals surface area contributed by atoms with Gasteiger partial charge in [0.1, 0.15) is 12.1 Å². The van der Waals surface area contributed by atoms with E-state index in [1.165, 1.54) is 0 Å². The lowest BCUT2D eigenvalue weighted by molar-refractivity contribution is -0.146. The van der Waals surface area contributed by atoms with E-state index in [9.17, 15) is 9.59 Å². The second-order valence-electron chi connectivity index (χ2n) is 4.79. The Morgan fingerprint density at radius 3 is 2.79 bits per heavy atom. The Bertz CT molecular complexity index is 309. The van der Waals surface area contributed by atoms with Gasteiger partial charge in [0.05, 0.1) is 6.61 Å². The molecule has 0 aliphatic carbocycles. The van der Waals surface area contributed by atoms with Crippen LogP contribution in [0.3, 0.4) is 0 Å². The van der Waals surface area contributed by atoms with Crippen LogP contribution in [0.4, 0.5) is 0 Å². The molecule has 2 atom stereocenters. The molecule has 2 N–H and O–H groups in total. The first-order valence-corrected chi connectivity index (χ1v) is 6.95. The van der Waals surface area contributed by atoms with Gasteiger partial charge in [-0.05, 0) is 13.0 Å². The number of nitrogens with one attached hydrogen (secondary N) is 1. The van der Waals surface area contributed by atoms with Gasteiger partial charge in [0, 0.05) is 13.1 Å². The molecule has 1 fully saturated rings. The van der Waals surface area contributed by atoms with Gasteiger partial charge < -0.3 is 15.2 Å². The minimum absolute atomic E-state index is 0.318.